The minimum atomic E-state index is 0.580. The van der Waals surface area contributed by atoms with Crippen molar-refractivity contribution in [3.8, 4) is 5.75 Å². The lowest BCUT2D eigenvalue weighted by molar-refractivity contribution is 0.404. The Morgan fingerprint density at radius 2 is 1.76 bits per heavy atom. The van der Waals surface area contributed by atoms with Crippen LogP contribution in [-0.4, -0.2) is 20.2 Å². The van der Waals surface area contributed by atoms with Gasteiger partial charge in [0.05, 0.1) is 24.2 Å². The number of rotatable bonds is 2. The van der Waals surface area contributed by atoms with Crippen molar-refractivity contribution in [2.75, 3.05) is 36.6 Å². The van der Waals surface area contributed by atoms with Crippen LogP contribution in [0.3, 0.4) is 0 Å². The molecule has 4 nitrogen and oxygen atoms in total. The Morgan fingerprint density at radius 1 is 1.18 bits per heavy atom. The number of nitrogen functional groups attached to an aromatic ring is 2. The van der Waals surface area contributed by atoms with Crippen LogP contribution in [0, 0.1) is 5.92 Å². The zero-order chi connectivity index (χ0) is 12.4. The summed E-state index contributed by atoms with van der Waals surface area (Å²) < 4.78 is 5.38. The summed E-state index contributed by atoms with van der Waals surface area (Å²) in [6, 6.07) is 3.73. The summed E-state index contributed by atoms with van der Waals surface area (Å²) in [5.74, 6) is 1.62. The highest BCUT2D eigenvalue weighted by molar-refractivity contribution is 5.75. The largest absolute Gasteiger partial charge is 0.495 e. The summed E-state index contributed by atoms with van der Waals surface area (Å²) in [5, 5.41) is 0. The normalized spacial score (nSPS) is 17.2. The zero-order valence-corrected chi connectivity index (χ0v) is 10.6. The van der Waals surface area contributed by atoms with Crippen molar-refractivity contribution in [2.45, 2.75) is 19.8 Å². The van der Waals surface area contributed by atoms with Crippen LogP contribution in [0.15, 0.2) is 12.1 Å². The zero-order valence-electron chi connectivity index (χ0n) is 10.6. The van der Waals surface area contributed by atoms with E-state index in [4.69, 9.17) is 16.2 Å². The molecule has 94 valence electrons. The van der Waals surface area contributed by atoms with E-state index in [1.54, 1.807) is 7.11 Å². The second-order valence-corrected chi connectivity index (χ2v) is 4.82. The Labute approximate surface area is 103 Å². The Kier molecular flexibility index (Phi) is 3.31. The fourth-order valence-corrected chi connectivity index (χ4v) is 2.26. The lowest BCUT2D eigenvalue weighted by atomic mass is 9.98. The quantitative estimate of drug-likeness (QED) is 0.770. The van der Waals surface area contributed by atoms with E-state index in [2.05, 4.69) is 11.8 Å². The molecule has 4 N–H and O–H groups in total. The van der Waals surface area contributed by atoms with Gasteiger partial charge in [-0.3, -0.25) is 0 Å². The third-order valence-corrected chi connectivity index (χ3v) is 3.51. The molecular formula is C13H21N3O. The Hall–Kier alpha value is -1.58. The second kappa shape index (κ2) is 4.73. The molecule has 4 heteroatoms. The molecule has 1 fully saturated rings. The van der Waals surface area contributed by atoms with E-state index >= 15 is 0 Å². The average Bonchev–Trinajstić information content (AvgIpc) is 2.33. The maximum Gasteiger partial charge on any atom is 0.144 e. The maximum absolute atomic E-state index is 5.87. The van der Waals surface area contributed by atoms with Gasteiger partial charge in [0.25, 0.3) is 0 Å². The molecule has 0 aromatic heterocycles. The van der Waals surface area contributed by atoms with E-state index in [1.165, 1.54) is 12.8 Å². The highest BCUT2D eigenvalue weighted by Crippen LogP contribution is 2.36. The lowest BCUT2D eigenvalue weighted by Crippen LogP contribution is -2.33. The van der Waals surface area contributed by atoms with Gasteiger partial charge in [-0.2, -0.15) is 0 Å². The monoisotopic (exact) mass is 235 g/mol. The number of hydrogen-bond acceptors (Lipinski definition) is 4. The molecule has 0 radical (unpaired) electrons. The van der Waals surface area contributed by atoms with Gasteiger partial charge in [0.2, 0.25) is 0 Å². The van der Waals surface area contributed by atoms with Crippen LogP contribution in [0.4, 0.5) is 17.1 Å². The van der Waals surface area contributed by atoms with Crippen LogP contribution in [0.25, 0.3) is 0 Å². The van der Waals surface area contributed by atoms with Crippen molar-refractivity contribution >= 4 is 17.1 Å². The Morgan fingerprint density at radius 3 is 2.35 bits per heavy atom. The van der Waals surface area contributed by atoms with Crippen LogP contribution in [-0.2, 0) is 0 Å². The molecule has 0 spiro atoms. The molecule has 0 saturated carbocycles. The number of benzene rings is 1. The summed E-state index contributed by atoms with van der Waals surface area (Å²) in [4.78, 5) is 2.33. The van der Waals surface area contributed by atoms with Crippen molar-refractivity contribution < 1.29 is 4.74 Å². The molecule has 0 aliphatic carbocycles. The molecule has 0 unspecified atom stereocenters. The van der Waals surface area contributed by atoms with Crippen molar-refractivity contribution in [1.29, 1.82) is 0 Å². The summed E-state index contributed by atoms with van der Waals surface area (Å²) in [7, 11) is 1.67. The molecular weight excluding hydrogens is 214 g/mol. The van der Waals surface area contributed by atoms with E-state index in [1.807, 2.05) is 12.1 Å². The van der Waals surface area contributed by atoms with Gasteiger partial charge in [-0.1, -0.05) is 6.92 Å². The van der Waals surface area contributed by atoms with Crippen LogP contribution >= 0.6 is 0 Å². The third-order valence-electron chi connectivity index (χ3n) is 3.51. The molecule has 1 aromatic carbocycles. The number of methoxy groups -OCH3 is 1. The summed E-state index contributed by atoms with van der Waals surface area (Å²) >= 11 is 0. The van der Waals surface area contributed by atoms with E-state index in [0.29, 0.717) is 11.4 Å². The van der Waals surface area contributed by atoms with Crippen molar-refractivity contribution in [1.82, 2.24) is 0 Å². The predicted octanol–water partition coefficient (Wildman–Crippen LogP) is 2.10. The first-order valence-electron chi connectivity index (χ1n) is 6.09. The molecule has 1 aromatic rings. The first kappa shape index (κ1) is 11.9. The van der Waals surface area contributed by atoms with Gasteiger partial charge < -0.3 is 21.1 Å². The molecule has 2 rings (SSSR count). The number of anilines is 3. The van der Waals surface area contributed by atoms with Crippen LogP contribution in [0.2, 0.25) is 0 Å². The van der Waals surface area contributed by atoms with E-state index in [-0.39, 0.29) is 0 Å². The van der Waals surface area contributed by atoms with Crippen molar-refractivity contribution in [2.24, 2.45) is 5.92 Å². The summed E-state index contributed by atoms with van der Waals surface area (Å²) in [5.41, 5.74) is 13.9. The summed E-state index contributed by atoms with van der Waals surface area (Å²) in [6.07, 6.45) is 2.43. The number of nitrogens with two attached hydrogens (primary N) is 2. The smallest absolute Gasteiger partial charge is 0.144 e. The highest BCUT2D eigenvalue weighted by Gasteiger charge is 2.19. The first-order valence-corrected chi connectivity index (χ1v) is 6.09. The number of hydrogen-bond donors (Lipinski definition) is 2. The molecule has 0 atom stereocenters. The Balaban J connectivity index is 2.27. The van der Waals surface area contributed by atoms with Gasteiger partial charge in [-0.25, -0.2) is 0 Å². The molecule has 0 bridgehead atoms. The topological polar surface area (TPSA) is 64.5 Å². The maximum atomic E-state index is 5.87. The van der Waals surface area contributed by atoms with Gasteiger partial charge in [0, 0.05) is 19.2 Å². The molecule has 1 aliphatic heterocycles. The molecule has 17 heavy (non-hydrogen) atoms. The predicted molar refractivity (Wildman–Crippen MR) is 72.4 cm³/mol. The SMILES string of the molecule is COc1cc(N)c(N)cc1N1CCC(C)CC1. The van der Waals surface area contributed by atoms with Gasteiger partial charge in [0.1, 0.15) is 5.75 Å². The average molecular weight is 235 g/mol. The van der Waals surface area contributed by atoms with Crippen molar-refractivity contribution in [3.05, 3.63) is 12.1 Å². The fraction of sp³-hybridized carbons (Fsp3) is 0.538. The van der Waals surface area contributed by atoms with Crippen LogP contribution in [0.5, 0.6) is 5.75 Å². The number of piperidine rings is 1. The molecule has 0 amide bonds. The third kappa shape index (κ3) is 2.40. The van der Waals surface area contributed by atoms with E-state index in [0.717, 1.165) is 30.4 Å². The van der Waals surface area contributed by atoms with E-state index in [9.17, 15) is 0 Å². The fourth-order valence-electron chi connectivity index (χ4n) is 2.26. The lowest BCUT2D eigenvalue weighted by Gasteiger charge is -2.33. The second-order valence-electron chi connectivity index (χ2n) is 4.82. The molecule has 1 heterocycles. The Bertz CT molecular complexity index is 398. The van der Waals surface area contributed by atoms with Gasteiger partial charge in [-0.05, 0) is 24.8 Å². The van der Waals surface area contributed by atoms with Gasteiger partial charge in [-0.15, -0.1) is 0 Å². The minimum absolute atomic E-state index is 0.580. The van der Waals surface area contributed by atoms with Crippen molar-refractivity contribution in [3.63, 3.8) is 0 Å². The number of nitrogens with zero attached hydrogens (tertiary/aromatic N) is 1. The molecule has 1 aliphatic rings. The van der Waals surface area contributed by atoms with Crippen LogP contribution < -0.4 is 21.1 Å². The van der Waals surface area contributed by atoms with Gasteiger partial charge in [0.15, 0.2) is 0 Å². The minimum Gasteiger partial charge on any atom is -0.495 e. The molecule has 1 saturated heterocycles. The highest BCUT2D eigenvalue weighted by atomic mass is 16.5. The van der Waals surface area contributed by atoms with Gasteiger partial charge >= 0.3 is 0 Å². The van der Waals surface area contributed by atoms with E-state index < -0.39 is 0 Å². The summed E-state index contributed by atoms with van der Waals surface area (Å²) in [6.45, 7) is 4.41. The first-order chi connectivity index (χ1) is 8.11. The number of ether oxygens (including phenoxy) is 1. The van der Waals surface area contributed by atoms with Crippen LogP contribution in [0.1, 0.15) is 19.8 Å². The standard InChI is InChI=1S/C13H21N3O/c1-9-3-5-16(6-4-9)12-7-10(14)11(15)8-13(12)17-2/h7-9H,3-6,14-15H2,1-2H3.